The average molecular weight is 342 g/mol. The molecule has 0 amide bonds. The Labute approximate surface area is 107 Å². The molecule has 1 rings (SSSR count). The predicted octanol–water partition coefficient (Wildman–Crippen LogP) is 5.29. The van der Waals surface area contributed by atoms with Crippen molar-refractivity contribution in [1.29, 1.82) is 0 Å². The van der Waals surface area contributed by atoms with Gasteiger partial charge in [0.2, 0.25) is 3.79 Å². The number of halogens is 7. The Hall–Kier alpha value is 0.360. The van der Waals surface area contributed by atoms with E-state index in [9.17, 15) is 13.2 Å². The highest BCUT2D eigenvalue weighted by atomic mass is 79.9. The minimum atomic E-state index is -4.48. The van der Waals surface area contributed by atoms with Crippen LogP contribution in [0.1, 0.15) is 11.1 Å². The Morgan fingerprint density at radius 2 is 1.47 bits per heavy atom. The van der Waals surface area contributed by atoms with E-state index >= 15 is 0 Å². The molecule has 1 aromatic carbocycles. The minimum Gasteiger partial charge on any atom is -0.166 e. The van der Waals surface area contributed by atoms with E-state index in [-0.39, 0.29) is 10.0 Å². The van der Waals surface area contributed by atoms with E-state index in [1.54, 1.807) is 0 Å². The van der Waals surface area contributed by atoms with E-state index in [0.29, 0.717) is 0 Å². The van der Waals surface area contributed by atoms with Crippen LogP contribution < -0.4 is 0 Å². The third-order valence-corrected chi connectivity index (χ3v) is 3.07. The van der Waals surface area contributed by atoms with Crippen LogP contribution in [-0.4, -0.2) is 0 Å². The van der Waals surface area contributed by atoms with E-state index in [2.05, 4.69) is 15.9 Å². The summed E-state index contributed by atoms with van der Waals surface area (Å²) < 4.78 is 35.2. The van der Waals surface area contributed by atoms with Crippen molar-refractivity contribution in [3.05, 3.63) is 33.8 Å². The Morgan fingerprint density at radius 3 is 1.87 bits per heavy atom. The van der Waals surface area contributed by atoms with E-state index < -0.39 is 15.5 Å². The van der Waals surface area contributed by atoms with E-state index in [4.69, 9.17) is 34.8 Å². The van der Waals surface area contributed by atoms with Crippen LogP contribution in [0.15, 0.2) is 22.7 Å². The molecule has 15 heavy (non-hydrogen) atoms. The van der Waals surface area contributed by atoms with Gasteiger partial charge in [-0.1, -0.05) is 46.9 Å². The first-order valence-electron chi connectivity index (χ1n) is 3.57. The Morgan fingerprint density at radius 1 is 1.00 bits per heavy atom. The van der Waals surface area contributed by atoms with Gasteiger partial charge in [0.1, 0.15) is 0 Å². The van der Waals surface area contributed by atoms with Gasteiger partial charge in [0, 0.05) is 10.0 Å². The lowest BCUT2D eigenvalue weighted by molar-refractivity contribution is -0.138. The van der Waals surface area contributed by atoms with Crippen molar-refractivity contribution in [2.45, 2.75) is 9.97 Å². The zero-order chi connectivity index (χ0) is 11.9. The molecule has 0 N–H and O–H groups in total. The lowest BCUT2D eigenvalue weighted by Crippen LogP contribution is -2.10. The van der Waals surface area contributed by atoms with Gasteiger partial charge in [0.15, 0.2) is 0 Å². The summed E-state index contributed by atoms with van der Waals surface area (Å²) in [6.07, 6.45) is -4.48. The summed E-state index contributed by atoms with van der Waals surface area (Å²) in [5.41, 5.74) is -0.909. The van der Waals surface area contributed by atoms with Gasteiger partial charge in [-0.15, -0.1) is 0 Å². The summed E-state index contributed by atoms with van der Waals surface area (Å²) in [7, 11) is 0. The van der Waals surface area contributed by atoms with Crippen LogP contribution >= 0.6 is 50.7 Å². The SMILES string of the molecule is FC(F)(F)c1cccc(C(Cl)(Cl)Cl)c1Br. The maximum atomic E-state index is 12.5. The largest absolute Gasteiger partial charge is 0.417 e. The van der Waals surface area contributed by atoms with Gasteiger partial charge in [-0.3, -0.25) is 0 Å². The normalized spacial score (nSPS) is 13.0. The summed E-state index contributed by atoms with van der Waals surface area (Å²) in [4.78, 5) is 0. The highest BCUT2D eigenvalue weighted by Crippen LogP contribution is 2.45. The summed E-state index contributed by atoms with van der Waals surface area (Å²) >= 11 is 19.3. The Kier molecular flexibility index (Phi) is 3.87. The van der Waals surface area contributed by atoms with Crippen molar-refractivity contribution >= 4 is 50.7 Å². The zero-order valence-electron chi connectivity index (χ0n) is 6.88. The molecule has 7 heteroatoms. The molecule has 1 aromatic rings. The van der Waals surface area contributed by atoms with Crippen LogP contribution in [0.25, 0.3) is 0 Å². The van der Waals surface area contributed by atoms with Crippen molar-refractivity contribution in [2.75, 3.05) is 0 Å². The standard InChI is InChI=1S/C8H3BrCl3F3/c9-6-4(7(10,11)12)2-1-3-5(6)8(13,14)15/h1-3H. The molecule has 0 aromatic heterocycles. The highest BCUT2D eigenvalue weighted by Gasteiger charge is 2.36. The number of hydrogen-bond donors (Lipinski definition) is 0. The second kappa shape index (κ2) is 4.32. The number of hydrogen-bond acceptors (Lipinski definition) is 0. The van der Waals surface area contributed by atoms with Gasteiger partial charge in [-0.25, -0.2) is 0 Å². The van der Waals surface area contributed by atoms with Gasteiger partial charge < -0.3 is 0 Å². The number of benzene rings is 1. The number of rotatable bonds is 0. The van der Waals surface area contributed by atoms with E-state index in [0.717, 1.165) is 6.07 Å². The molecule has 0 unspecified atom stereocenters. The lowest BCUT2D eigenvalue weighted by atomic mass is 10.1. The van der Waals surface area contributed by atoms with Crippen LogP contribution in [0.5, 0.6) is 0 Å². The third kappa shape index (κ3) is 3.16. The van der Waals surface area contributed by atoms with Crippen LogP contribution in [0.4, 0.5) is 13.2 Å². The van der Waals surface area contributed by atoms with E-state index in [1.165, 1.54) is 12.1 Å². The van der Waals surface area contributed by atoms with Gasteiger partial charge in [-0.05, 0) is 22.0 Å². The molecule has 0 spiro atoms. The smallest absolute Gasteiger partial charge is 0.166 e. The molecular formula is C8H3BrCl3F3. The van der Waals surface area contributed by atoms with Crippen LogP contribution in [-0.2, 0) is 9.97 Å². The predicted molar refractivity (Wildman–Crippen MR) is 58.4 cm³/mol. The summed E-state index contributed by atoms with van der Waals surface area (Å²) in [6.45, 7) is 0. The quantitative estimate of drug-likeness (QED) is 0.562. The molecule has 0 atom stereocenters. The fraction of sp³-hybridized carbons (Fsp3) is 0.250. The molecule has 0 aliphatic heterocycles. The van der Waals surface area contributed by atoms with Gasteiger partial charge in [-0.2, -0.15) is 13.2 Å². The molecule has 0 heterocycles. The second-order valence-corrected chi connectivity index (χ2v) is 5.74. The fourth-order valence-electron chi connectivity index (χ4n) is 0.970. The number of alkyl halides is 6. The summed E-state index contributed by atoms with van der Waals surface area (Å²) in [5.74, 6) is 0. The molecule has 0 nitrogen and oxygen atoms in total. The van der Waals surface area contributed by atoms with Crippen molar-refractivity contribution in [2.24, 2.45) is 0 Å². The molecule has 0 radical (unpaired) electrons. The molecule has 0 saturated heterocycles. The van der Waals surface area contributed by atoms with E-state index in [1.807, 2.05) is 0 Å². The molecular weight excluding hydrogens is 339 g/mol. The molecule has 0 fully saturated rings. The highest BCUT2D eigenvalue weighted by molar-refractivity contribution is 9.10. The van der Waals surface area contributed by atoms with Gasteiger partial charge in [0.05, 0.1) is 5.56 Å². The maximum absolute atomic E-state index is 12.5. The topological polar surface area (TPSA) is 0 Å². The summed E-state index contributed by atoms with van der Waals surface area (Å²) in [6, 6.07) is 3.40. The second-order valence-electron chi connectivity index (χ2n) is 2.66. The Bertz CT molecular complexity index is 338. The van der Waals surface area contributed by atoms with Crippen molar-refractivity contribution in [3.63, 3.8) is 0 Å². The first-order chi connectivity index (χ1) is 6.64. The molecule has 84 valence electrons. The first-order valence-corrected chi connectivity index (χ1v) is 5.49. The minimum absolute atomic E-state index is 0.0395. The molecule has 0 aliphatic rings. The van der Waals surface area contributed by atoms with Crippen molar-refractivity contribution < 1.29 is 13.2 Å². The summed E-state index contributed by atoms with van der Waals surface area (Å²) in [5, 5.41) is 0. The average Bonchev–Trinajstić information content (AvgIpc) is 1.99. The third-order valence-electron chi connectivity index (χ3n) is 1.61. The van der Waals surface area contributed by atoms with Crippen LogP contribution in [0.2, 0.25) is 0 Å². The van der Waals surface area contributed by atoms with Crippen molar-refractivity contribution in [3.8, 4) is 0 Å². The lowest BCUT2D eigenvalue weighted by Gasteiger charge is -2.17. The maximum Gasteiger partial charge on any atom is 0.417 e. The molecule has 0 saturated carbocycles. The van der Waals surface area contributed by atoms with Gasteiger partial charge in [0.25, 0.3) is 0 Å². The van der Waals surface area contributed by atoms with Crippen LogP contribution in [0, 0.1) is 0 Å². The molecule has 0 aliphatic carbocycles. The fourth-order valence-corrected chi connectivity index (χ4v) is 2.57. The molecule has 0 bridgehead atoms. The zero-order valence-corrected chi connectivity index (χ0v) is 10.7. The van der Waals surface area contributed by atoms with Crippen molar-refractivity contribution in [1.82, 2.24) is 0 Å². The first kappa shape index (κ1) is 13.4. The monoisotopic (exact) mass is 340 g/mol. The van der Waals surface area contributed by atoms with Gasteiger partial charge >= 0.3 is 6.18 Å². The Balaban J connectivity index is 3.37. The van der Waals surface area contributed by atoms with Crippen LogP contribution in [0.3, 0.4) is 0 Å².